The number of anilines is 1. The van der Waals surface area contributed by atoms with Crippen LogP contribution in [0, 0.1) is 20.8 Å². The third-order valence-corrected chi connectivity index (χ3v) is 4.52. The van der Waals surface area contributed by atoms with E-state index in [2.05, 4.69) is 20.5 Å². The summed E-state index contributed by atoms with van der Waals surface area (Å²) < 4.78 is 0. The molecule has 0 saturated carbocycles. The number of hydrogen-bond acceptors (Lipinski definition) is 6. The van der Waals surface area contributed by atoms with Gasteiger partial charge in [0.2, 0.25) is 11.1 Å². The maximum Gasteiger partial charge on any atom is 0.303 e. The molecule has 2 N–H and O–H groups in total. The van der Waals surface area contributed by atoms with Crippen LogP contribution in [0.25, 0.3) is 0 Å². The van der Waals surface area contributed by atoms with E-state index >= 15 is 0 Å². The molecule has 2 amide bonds. The standard InChI is InChI=1S/C17H20N4O4S/c1-9-6-10(2)15(11(3)7-9)18-13(22)8-26-17-19-16(25)12(20-21-17)4-5-14(23)24/h6-7,12H,4-5,8H2,1-3H3,(H,18,22)(H,23,24). The van der Waals surface area contributed by atoms with Crippen LogP contribution in [0.15, 0.2) is 27.4 Å². The van der Waals surface area contributed by atoms with Gasteiger partial charge in [0.05, 0.1) is 5.75 Å². The van der Waals surface area contributed by atoms with E-state index < -0.39 is 17.9 Å². The molecule has 1 aliphatic rings. The predicted octanol–water partition coefficient (Wildman–Crippen LogP) is 2.87. The highest BCUT2D eigenvalue weighted by Crippen LogP contribution is 2.22. The number of rotatable bonds is 6. The fourth-order valence-corrected chi connectivity index (χ4v) is 3.14. The topological polar surface area (TPSA) is 121 Å². The Hall–Kier alpha value is -2.55. The zero-order chi connectivity index (χ0) is 19.3. The second kappa shape index (κ2) is 8.70. The van der Waals surface area contributed by atoms with E-state index in [9.17, 15) is 14.4 Å². The molecule has 1 aromatic rings. The van der Waals surface area contributed by atoms with Crippen LogP contribution in [0.2, 0.25) is 0 Å². The van der Waals surface area contributed by atoms with Crippen LogP contribution in [0.1, 0.15) is 29.5 Å². The van der Waals surface area contributed by atoms with Gasteiger partial charge in [0.25, 0.3) is 5.91 Å². The van der Waals surface area contributed by atoms with Gasteiger partial charge in [-0.15, -0.1) is 5.11 Å². The highest BCUT2D eigenvalue weighted by atomic mass is 32.2. The number of amidine groups is 1. The predicted molar refractivity (Wildman–Crippen MR) is 99.7 cm³/mol. The monoisotopic (exact) mass is 376 g/mol. The lowest BCUT2D eigenvalue weighted by Gasteiger charge is -2.13. The molecule has 0 bridgehead atoms. The molecule has 2 rings (SSSR count). The first-order valence-electron chi connectivity index (χ1n) is 8.02. The molecule has 0 saturated heterocycles. The van der Waals surface area contributed by atoms with Crippen molar-refractivity contribution in [3.05, 3.63) is 28.8 Å². The number of carboxylic acids is 1. The molecule has 0 aliphatic carbocycles. The van der Waals surface area contributed by atoms with Gasteiger partial charge in [-0.05, 0) is 38.3 Å². The summed E-state index contributed by atoms with van der Waals surface area (Å²) in [5, 5.41) is 19.2. The molecule has 1 heterocycles. The molecule has 26 heavy (non-hydrogen) atoms. The van der Waals surface area contributed by atoms with Crippen molar-refractivity contribution in [3.8, 4) is 0 Å². The van der Waals surface area contributed by atoms with Crippen molar-refractivity contribution in [2.45, 2.75) is 39.7 Å². The average molecular weight is 376 g/mol. The fourth-order valence-electron chi connectivity index (χ4n) is 2.54. The maximum absolute atomic E-state index is 12.2. The molecule has 0 fully saturated rings. The fraction of sp³-hybridized carbons (Fsp3) is 0.412. The number of amides is 2. The summed E-state index contributed by atoms with van der Waals surface area (Å²) in [6.45, 7) is 5.85. The van der Waals surface area contributed by atoms with Gasteiger partial charge in [-0.2, -0.15) is 10.1 Å². The van der Waals surface area contributed by atoms with E-state index in [1.165, 1.54) is 0 Å². The van der Waals surface area contributed by atoms with E-state index in [4.69, 9.17) is 5.11 Å². The quantitative estimate of drug-likeness (QED) is 0.791. The lowest BCUT2D eigenvalue weighted by Crippen LogP contribution is -2.22. The Morgan fingerprint density at radius 1 is 1.23 bits per heavy atom. The van der Waals surface area contributed by atoms with Crippen molar-refractivity contribution >= 4 is 40.4 Å². The van der Waals surface area contributed by atoms with Gasteiger partial charge in [0, 0.05) is 12.1 Å². The summed E-state index contributed by atoms with van der Waals surface area (Å²) >= 11 is 1.01. The van der Waals surface area contributed by atoms with Crippen molar-refractivity contribution in [1.82, 2.24) is 0 Å². The van der Waals surface area contributed by atoms with E-state index in [0.29, 0.717) is 0 Å². The zero-order valence-corrected chi connectivity index (χ0v) is 15.6. The SMILES string of the molecule is Cc1cc(C)c(NC(=O)CSC2=NC(=O)C(CCC(=O)O)N=N2)c(C)c1. The second-order valence-corrected chi connectivity index (χ2v) is 6.95. The van der Waals surface area contributed by atoms with Crippen LogP contribution < -0.4 is 5.32 Å². The molecule has 138 valence electrons. The Morgan fingerprint density at radius 3 is 2.46 bits per heavy atom. The Balaban J connectivity index is 1.89. The maximum atomic E-state index is 12.2. The normalized spacial score (nSPS) is 16.3. The Bertz CT molecular complexity index is 781. The highest BCUT2D eigenvalue weighted by Gasteiger charge is 2.23. The van der Waals surface area contributed by atoms with Crippen LogP contribution in [-0.2, 0) is 14.4 Å². The number of hydrogen-bond donors (Lipinski definition) is 2. The number of thioether (sulfide) groups is 1. The van der Waals surface area contributed by atoms with Crippen LogP contribution >= 0.6 is 11.8 Å². The molecule has 0 spiro atoms. The summed E-state index contributed by atoms with van der Waals surface area (Å²) in [4.78, 5) is 38.3. The number of aliphatic imine (C=N–C) groups is 1. The number of nitrogens with zero attached hydrogens (tertiary/aromatic N) is 3. The smallest absolute Gasteiger partial charge is 0.303 e. The molecular weight excluding hydrogens is 356 g/mol. The van der Waals surface area contributed by atoms with Gasteiger partial charge < -0.3 is 10.4 Å². The first kappa shape index (κ1) is 19.8. The van der Waals surface area contributed by atoms with Crippen molar-refractivity contribution in [3.63, 3.8) is 0 Å². The van der Waals surface area contributed by atoms with Gasteiger partial charge in [0.1, 0.15) is 0 Å². The summed E-state index contributed by atoms with van der Waals surface area (Å²) in [6.07, 6.45) is -0.114. The van der Waals surface area contributed by atoms with Gasteiger partial charge in [-0.25, -0.2) is 0 Å². The number of benzene rings is 1. The second-order valence-electron chi connectivity index (χ2n) is 6.01. The molecule has 1 aromatic carbocycles. The largest absolute Gasteiger partial charge is 0.481 e. The van der Waals surface area contributed by atoms with E-state index in [1.807, 2.05) is 32.9 Å². The number of carboxylic acid groups (broad SMARTS) is 1. The minimum absolute atomic E-state index is 0.0394. The van der Waals surface area contributed by atoms with Crippen LogP contribution in [-0.4, -0.2) is 39.9 Å². The number of carbonyl (C=O) groups excluding carboxylic acids is 2. The van der Waals surface area contributed by atoms with Gasteiger partial charge in [0.15, 0.2) is 6.04 Å². The number of aryl methyl sites for hydroxylation is 3. The first-order valence-corrected chi connectivity index (χ1v) is 9.00. The number of nitrogens with one attached hydrogen (secondary N) is 1. The summed E-state index contributed by atoms with van der Waals surface area (Å²) in [7, 11) is 0. The molecular formula is C17H20N4O4S. The molecule has 1 unspecified atom stereocenters. The van der Waals surface area contributed by atoms with E-state index in [1.54, 1.807) is 0 Å². The molecule has 1 aliphatic heterocycles. The molecule has 0 radical (unpaired) electrons. The van der Waals surface area contributed by atoms with Crippen molar-refractivity contribution in [1.29, 1.82) is 0 Å². The number of aliphatic carboxylic acids is 1. The molecule has 8 nitrogen and oxygen atoms in total. The van der Waals surface area contributed by atoms with Crippen molar-refractivity contribution in [2.24, 2.45) is 15.2 Å². The highest BCUT2D eigenvalue weighted by molar-refractivity contribution is 8.14. The van der Waals surface area contributed by atoms with Crippen LogP contribution in [0.5, 0.6) is 0 Å². The van der Waals surface area contributed by atoms with Crippen molar-refractivity contribution < 1.29 is 19.5 Å². The summed E-state index contributed by atoms with van der Waals surface area (Å²) in [6, 6.07) is 3.12. The zero-order valence-electron chi connectivity index (χ0n) is 14.8. The lowest BCUT2D eigenvalue weighted by atomic mass is 10.1. The Kier molecular flexibility index (Phi) is 6.62. The Morgan fingerprint density at radius 2 is 1.88 bits per heavy atom. The molecule has 1 atom stereocenters. The molecule has 9 heteroatoms. The number of azo groups is 1. The Labute approximate surface area is 155 Å². The average Bonchev–Trinajstić information content (AvgIpc) is 2.55. The molecule has 0 aromatic heterocycles. The minimum Gasteiger partial charge on any atom is -0.481 e. The van der Waals surface area contributed by atoms with Crippen LogP contribution in [0.3, 0.4) is 0 Å². The van der Waals surface area contributed by atoms with Crippen LogP contribution in [0.4, 0.5) is 5.69 Å². The van der Waals surface area contributed by atoms with E-state index in [-0.39, 0.29) is 29.7 Å². The van der Waals surface area contributed by atoms with Gasteiger partial charge in [-0.1, -0.05) is 29.5 Å². The van der Waals surface area contributed by atoms with Gasteiger partial charge in [-0.3, -0.25) is 14.4 Å². The first-order chi connectivity index (χ1) is 12.3. The third kappa shape index (κ3) is 5.48. The number of carbonyl (C=O) groups is 3. The lowest BCUT2D eigenvalue weighted by molar-refractivity contribution is -0.137. The van der Waals surface area contributed by atoms with Gasteiger partial charge >= 0.3 is 5.97 Å². The minimum atomic E-state index is -1.00. The third-order valence-electron chi connectivity index (χ3n) is 3.68. The van der Waals surface area contributed by atoms with Crippen molar-refractivity contribution in [2.75, 3.05) is 11.1 Å². The summed E-state index contributed by atoms with van der Waals surface area (Å²) in [5.41, 5.74) is 3.86. The van der Waals surface area contributed by atoms with E-state index in [0.717, 1.165) is 34.1 Å². The summed E-state index contributed by atoms with van der Waals surface area (Å²) in [5.74, 6) is -1.73.